The third-order valence-corrected chi connectivity index (χ3v) is 10.9. The number of amides is 8. The molecule has 23 N–H and O–H groups in total. The Labute approximate surface area is 433 Å². The van der Waals surface area contributed by atoms with Crippen molar-refractivity contribution >= 4 is 77.1 Å². The summed E-state index contributed by atoms with van der Waals surface area (Å²) in [5, 5.41) is 67.4. The van der Waals surface area contributed by atoms with Gasteiger partial charge in [-0.3, -0.25) is 57.9 Å². The van der Waals surface area contributed by atoms with E-state index in [1.54, 1.807) is 27.7 Å². The summed E-state index contributed by atoms with van der Waals surface area (Å²) in [6.45, 7) is 7.35. The number of hydrogen-bond acceptors (Lipinski definition) is 16. The Balaban J connectivity index is 6.61. The van der Waals surface area contributed by atoms with Crippen LogP contribution in [-0.2, 0) is 52.7 Å². The van der Waals surface area contributed by atoms with Crippen molar-refractivity contribution in [3.05, 3.63) is 0 Å². The highest BCUT2D eigenvalue weighted by atomic mass is 16.4. The monoisotopic (exact) mass is 1070 g/mol. The average Bonchev–Trinajstić information content (AvgIpc) is 3.31. The Morgan fingerprint density at radius 3 is 1.15 bits per heavy atom. The van der Waals surface area contributed by atoms with Gasteiger partial charge in [0.1, 0.15) is 48.3 Å². The van der Waals surface area contributed by atoms with E-state index in [0.29, 0.717) is 0 Å². The topological polar surface area (TPSA) is 540 Å². The van der Waals surface area contributed by atoms with E-state index in [0.717, 1.165) is 0 Å². The molecule has 8 amide bonds. The fraction of sp³-hybridized carbons (Fsp3) is 0.705. The summed E-state index contributed by atoms with van der Waals surface area (Å²) in [4.78, 5) is 150. The molecule has 426 valence electrons. The lowest BCUT2D eigenvalue weighted by atomic mass is 10.0. The highest BCUT2D eigenvalue weighted by molar-refractivity contribution is 5.98. The molecule has 31 nitrogen and oxygen atoms in total. The van der Waals surface area contributed by atoms with Gasteiger partial charge in [-0.25, -0.2) is 4.79 Å². The van der Waals surface area contributed by atoms with E-state index in [1.165, 1.54) is 13.8 Å². The number of carbonyl (C=O) groups is 11. The van der Waals surface area contributed by atoms with Crippen LogP contribution in [0.3, 0.4) is 0 Å². The Morgan fingerprint density at radius 2 is 0.760 bits per heavy atom. The largest absolute Gasteiger partial charge is 0.481 e. The molecule has 0 aromatic carbocycles. The fourth-order valence-corrected chi connectivity index (χ4v) is 6.77. The van der Waals surface area contributed by atoms with Crippen LogP contribution in [0.4, 0.5) is 0 Å². The van der Waals surface area contributed by atoms with E-state index >= 15 is 0 Å². The van der Waals surface area contributed by atoms with Crippen molar-refractivity contribution in [3.63, 3.8) is 0 Å². The first-order valence-corrected chi connectivity index (χ1v) is 24.1. The van der Waals surface area contributed by atoms with Crippen LogP contribution < -0.4 is 71.2 Å². The van der Waals surface area contributed by atoms with Crippen molar-refractivity contribution in [2.45, 2.75) is 154 Å². The molecule has 0 fully saturated rings. The summed E-state index contributed by atoms with van der Waals surface area (Å²) in [7, 11) is 0. The number of carboxylic acids is 3. The highest BCUT2D eigenvalue weighted by Gasteiger charge is 2.36. The molecule has 0 rings (SSSR count). The molecule has 0 aliphatic heterocycles. The first-order chi connectivity index (χ1) is 34.9. The van der Waals surface area contributed by atoms with Crippen LogP contribution in [0.2, 0.25) is 0 Å². The quantitative estimate of drug-likeness (QED) is 0.0156. The minimum atomic E-state index is -1.81. The van der Waals surface area contributed by atoms with Gasteiger partial charge in [0.15, 0.2) is 11.9 Å². The van der Waals surface area contributed by atoms with Crippen LogP contribution in [0.5, 0.6) is 0 Å². The van der Waals surface area contributed by atoms with Gasteiger partial charge in [-0.05, 0) is 62.7 Å². The van der Waals surface area contributed by atoms with Gasteiger partial charge in [-0.15, -0.1) is 0 Å². The van der Waals surface area contributed by atoms with Crippen LogP contribution in [0.15, 0.2) is 9.98 Å². The molecule has 0 aromatic heterocycles. The number of aliphatic hydroxyl groups excluding tert-OH is 2. The molecule has 0 spiro atoms. The third kappa shape index (κ3) is 27.5. The van der Waals surface area contributed by atoms with E-state index < -0.39 is 164 Å². The molecule has 0 aromatic rings. The second kappa shape index (κ2) is 34.9. The first-order valence-electron chi connectivity index (χ1n) is 24.1. The normalized spacial score (nSPS) is 14.7. The molecule has 0 aliphatic carbocycles. The number of aliphatic carboxylic acids is 3. The van der Waals surface area contributed by atoms with Crippen LogP contribution in [0.25, 0.3) is 0 Å². The highest BCUT2D eigenvalue weighted by Crippen LogP contribution is 2.11. The maximum absolute atomic E-state index is 13.9. The van der Waals surface area contributed by atoms with E-state index in [9.17, 15) is 73.2 Å². The lowest BCUT2D eigenvalue weighted by Crippen LogP contribution is -2.61. The zero-order chi connectivity index (χ0) is 57.7. The number of carbonyl (C=O) groups excluding carboxylic acids is 8. The van der Waals surface area contributed by atoms with Crippen molar-refractivity contribution in [2.75, 3.05) is 26.3 Å². The zero-order valence-electron chi connectivity index (χ0n) is 43.1. The number of rotatable bonds is 37. The molecule has 75 heavy (non-hydrogen) atoms. The second-order valence-corrected chi connectivity index (χ2v) is 18.5. The molecule has 0 aliphatic rings. The molecule has 0 saturated carbocycles. The lowest BCUT2D eigenvalue weighted by Gasteiger charge is -2.28. The van der Waals surface area contributed by atoms with E-state index in [-0.39, 0.29) is 69.5 Å². The van der Waals surface area contributed by atoms with E-state index in [4.69, 9.17) is 33.8 Å². The van der Waals surface area contributed by atoms with Gasteiger partial charge in [-0.1, -0.05) is 41.5 Å². The maximum Gasteiger partial charge on any atom is 0.326 e. The van der Waals surface area contributed by atoms with Crippen LogP contribution in [0.1, 0.15) is 99.3 Å². The zero-order valence-corrected chi connectivity index (χ0v) is 43.1. The first kappa shape index (κ1) is 67.6. The number of guanidine groups is 2. The van der Waals surface area contributed by atoms with E-state index in [2.05, 4.69) is 52.5 Å². The molecule has 0 saturated heterocycles. The molecule has 0 bridgehead atoms. The van der Waals surface area contributed by atoms with Gasteiger partial charge in [-0.2, -0.15) is 0 Å². The van der Waals surface area contributed by atoms with Crippen molar-refractivity contribution in [1.82, 2.24) is 42.5 Å². The fourth-order valence-electron chi connectivity index (χ4n) is 6.77. The van der Waals surface area contributed by atoms with Crippen LogP contribution in [-0.4, -0.2) is 183 Å². The van der Waals surface area contributed by atoms with Crippen molar-refractivity contribution < 1.29 is 78.3 Å². The minimum absolute atomic E-state index is 0.00750. The van der Waals surface area contributed by atoms with E-state index in [1.807, 2.05) is 0 Å². The summed E-state index contributed by atoms with van der Waals surface area (Å²) in [6.07, 6.45) is -2.30. The molecular weight excluding hydrogens is 995 g/mol. The van der Waals surface area contributed by atoms with Gasteiger partial charge in [0, 0.05) is 25.9 Å². The third-order valence-electron chi connectivity index (χ3n) is 10.9. The Bertz CT molecular complexity index is 2010. The lowest BCUT2D eigenvalue weighted by molar-refractivity contribution is -0.143. The van der Waals surface area contributed by atoms with Crippen molar-refractivity contribution in [2.24, 2.45) is 56.4 Å². The van der Waals surface area contributed by atoms with Crippen molar-refractivity contribution in [3.8, 4) is 0 Å². The number of nitrogens with zero attached hydrogens (tertiary/aromatic N) is 2. The number of nitrogens with one attached hydrogen (secondary N) is 8. The van der Waals surface area contributed by atoms with Gasteiger partial charge in [0.2, 0.25) is 47.3 Å². The summed E-state index contributed by atoms with van der Waals surface area (Å²) in [5.41, 5.74) is 27.4. The summed E-state index contributed by atoms with van der Waals surface area (Å²) < 4.78 is 0. The molecular formula is C44H79N15O16. The Hall–Kier alpha value is -7.41. The molecule has 9 atom stereocenters. The average molecular weight is 1070 g/mol. The molecule has 0 heterocycles. The number of aliphatic hydroxyl groups is 2. The number of aliphatic imine (C=N–C) groups is 2. The molecule has 0 unspecified atom stereocenters. The number of carboxylic acid groups (broad SMARTS) is 3. The summed E-state index contributed by atoms with van der Waals surface area (Å²) in [6, 6.07) is -13.8. The second-order valence-electron chi connectivity index (χ2n) is 18.5. The number of nitrogens with two attached hydrogens (primary N) is 5. The predicted octanol–water partition coefficient (Wildman–Crippen LogP) is -6.54. The Morgan fingerprint density at radius 1 is 0.427 bits per heavy atom. The standard InChI is InChI=1S/C44H79N15O16/c1-20(2)17-27(55-34(66)23(45)11-13-30(62)63)38(70)57-28(18-60)39(71)53-26(12-14-31(64)65)36(68)52-24(9-7-15-50-43(46)47)35(67)56-29(19-61)40(72)58-32(21(3)4)41(73)54-25(10-8-16-51-44(48)49)37(69)59-33(22(5)6)42(74)75/h20-29,32-33,60-61H,7-19,45H2,1-6H3,(H,52,68)(H,53,71)(H,54,73)(H,55,66)(H,56,67)(H,57,70)(H,58,72)(H,59,69)(H,62,63)(H,64,65)(H,74,75)(H4,46,47,50)(H4,48,49,51)/t23-,24-,25-,26-,27-,28-,29-,32-,33-/m0/s1. The van der Waals surface area contributed by atoms with Crippen LogP contribution >= 0.6 is 0 Å². The van der Waals surface area contributed by atoms with Gasteiger partial charge in [0.05, 0.1) is 19.3 Å². The van der Waals surface area contributed by atoms with Crippen LogP contribution in [0, 0.1) is 17.8 Å². The van der Waals surface area contributed by atoms with Crippen molar-refractivity contribution in [1.29, 1.82) is 0 Å². The summed E-state index contributed by atoms with van der Waals surface area (Å²) >= 11 is 0. The van der Waals surface area contributed by atoms with Gasteiger partial charge >= 0.3 is 17.9 Å². The molecule has 0 radical (unpaired) electrons. The Kier molecular flexibility index (Phi) is 31.5. The predicted molar refractivity (Wildman–Crippen MR) is 268 cm³/mol. The van der Waals surface area contributed by atoms with Gasteiger partial charge in [0.25, 0.3) is 0 Å². The van der Waals surface area contributed by atoms with Gasteiger partial charge < -0.3 is 96.7 Å². The molecule has 31 heteroatoms. The smallest absolute Gasteiger partial charge is 0.326 e. The minimum Gasteiger partial charge on any atom is -0.481 e. The summed E-state index contributed by atoms with van der Waals surface area (Å²) in [5.74, 6) is -14.3. The number of hydrogen-bond donors (Lipinski definition) is 18. The maximum atomic E-state index is 13.9. The SMILES string of the molecule is CC(C)C[C@H](NC(=O)[C@@H](N)CCC(=O)O)C(=O)N[C@@H](CO)C(=O)N[C@@H](CCC(=O)O)C(=O)N[C@@H](CCCN=C(N)N)C(=O)N[C@@H](CO)C(=O)N[C@H](C(=O)N[C@@H](CCCN=C(N)N)C(=O)N[C@H](C(=O)O)C(C)C)C(C)C.